The summed E-state index contributed by atoms with van der Waals surface area (Å²) in [7, 11) is 0. The molecule has 0 aromatic heterocycles. The number of nitrogens with zero attached hydrogens (tertiary/aromatic N) is 2. The van der Waals surface area contributed by atoms with Gasteiger partial charge in [0.2, 0.25) is 17.7 Å². The first kappa shape index (κ1) is 15.8. The van der Waals surface area contributed by atoms with Crippen molar-refractivity contribution in [2.75, 3.05) is 39.4 Å². The van der Waals surface area contributed by atoms with Crippen molar-refractivity contribution >= 4 is 17.7 Å². The first-order valence-electron chi connectivity index (χ1n) is 7.56. The summed E-state index contributed by atoms with van der Waals surface area (Å²) in [5, 5.41) is 2.75. The molecule has 21 heavy (non-hydrogen) atoms. The van der Waals surface area contributed by atoms with Crippen LogP contribution in [-0.4, -0.2) is 73.0 Å². The highest BCUT2D eigenvalue weighted by Gasteiger charge is 2.42. The number of piperazine rings is 1. The van der Waals surface area contributed by atoms with Crippen LogP contribution in [-0.2, 0) is 19.1 Å². The Balaban J connectivity index is 1.75. The average Bonchev–Trinajstić information content (AvgIpc) is 2.94. The molecule has 2 rings (SSSR count). The van der Waals surface area contributed by atoms with E-state index in [-0.39, 0.29) is 36.9 Å². The predicted molar refractivity (Wildman–Crippen MR) is 75.4 cm³/mol. The molecule has 0 spiro atoms. The lowest BCUT2D eigenvalue weighted by molar-refractivity contribution is -0.154. The molecule has 0 aromatic rings. The Morgan fingerprint density at radius 2 is 2.24 bits per heavy atom. The normalized spacial score (nSPS) is 21.7. The summed E-state index contributed by atoms with van der Waals surface area (Å²) in [6, 6.07) is -0.350. The van der Waals surface area contributed by atoms with Gasteiger partial charge in [0.05, 0.1) is 0 Å². The van der Waals surface area contributed by atoms with Gasteiger partial charge >= 0.3 is 0 Å². The van der Waals surface area contributed by atoms with Crippen molar-refractivity contribution < 1.29 is 19.1 Å². The second-order valence-electron chi connectivity index (χ2n) is 5.34. The molecule has 7 heteroatoms. The van der Waals surface area contributed by atoms with E-state index in [1.165, 1.54) is 4.90 Å². The average molecular weight is 297 g/mol. The highest BCUT2D eigenvalue weighted by atomic mass is 16.5. The Labute approximate surface area is 124 Å². The Bertz CT molecular complexity index is 413. The second-order valence-corrected chi connectivity index (χ2v) is 5.34. The summed E-state index contributed by atoms with van der Waals surface area (Å²) in [4.78, 5) is 39.0. The Hall–Kier alpha value is -1.63. The molecule has 7 nitrogen and oxygen atoms in total. The van der Waals surface area contributed by atoms with Gasteiger partial charge in [-0.1, -0.05) is 0 Å². The van der Waals surface area contributed by atoms with Gasteiger partial charge in [0.25, 0.3) is 0 Å². The van der Waals surface area contributed by atoms with Crippen molar-refractivity contribution in [3.05, 3.63) is 0 Å². The van der Waals surface area contributed by atoms with Crippen LogP contribution in [0, 0.1) is 0 Å². The van der Waals surface area contributed by atoms with Crippen LogP contribution in [0.5, 0.6) is 0 Å². The minimum Gasteiger partial charge on any atom is -0.382 e. The van der Waals surface area contributed by atoms with Crippen LogP contribution in [0.2, 0.25) is 0 Å². The Kier molecular flexibility index (Phi) is 5.55. The number of carbonyl (C=O) groups excluding carboxylic acids is 3. The maximum absolute atomic E-state index is 12.2. The molecule has 0 aliphatic carbocycles. The fraction of sp³-hybridized carbons (Fsp3) is 0.786. The molecule has 2 heterocycles. The molecule has 2 fully saturated rings. The van der Waals surface area contributed by atoms with Gasteiger partial charge in [-0.3, -0.25) is 14.4 Å². The smallest absolute Gasteiger partial charge is 0.246 e. The monoisotopic (exact) mass is 297 g/mol. The maximum atomic E-state index is 12.2. The van der Waals surface area contributed by atoms with Crippen molar-refractivity contribution in [1.29, 1.82) is 0 Å². The van der Waals surface area contributed by atoms with E-state index < -0.39 is 0 Å². The SMILES string of the molecule is CCOCCCNC(=O)CN1CC(=O)N2CCCC2C1=O. The van der Waals surface area contributed by atoms with Crippen LogP contribution in [0.4, 0.5) is 0 Å². The summed E-state index contributed by atoms with van der Waals surface area (Å²) in [6.45, 7) is 4.34. The molecule has 0 radical (unpaired) electrons. The number of hydrogen-bond acceptors (Lipinski definition) is 4. The first-order chi connectivity index (χ1) is 10.1. The van der Waals surface area contributed by atoms with E-state index in [1.54, 1.807) is 4.90 Å². The van der Waals surface area contributed by atoms with Crippen molar-refractivity contribution in [3.8, 4) is 0 Å². The van der Waals surface area contributed by atoms with Crippen LogP contribution in [0.15, 0.2) is 0 Å². The number of amides is 3. The van der Waals surface area contributed by atoms with Crippen LogP contribution >= 0.6 is 0 Å². The molecule has 1 unspecified atom stereocenters. The topological polar surface area (TPSA) is 79.0 Å². The van der Waals surface area contributed by atoms with E-state index in [9.17, 15) is 14.4 Å². The second kappa shape index (κ2) is 7.40. The standard InChI is InChI=1S/C14H23N3O4/c1-2-21-8-4-6-15-12(18)9-16-10-13(19)17-7-3-5-11(17)14(16)20/h11H,2-10H2,1H3,(H,15,18). The third kappa shape index (κ3) is 3.93. The van der Waals surface area contributed by atoms with Crippen molar-refractivity contribution in [2.24, 2.45) is 0 Å². The van der Waals surface area contributed by atoms with Crippen molar-refractivity contribution in [1.82, 2.24) is 15.1 Å². The van der Waals surface area contributed by atoms with Crippen LogP contribution in [0.25, 0.3) is 0 Å². The third-order valence-corrected chi connectivity index (χ3v) is 3.82. The van der Waals surface area contributed by atoms with Gasteiger partial charge in [0, 0.05) is 26.3 Å². The lowest BCUT2D eigenvalue weighted by atomic mass is 10.1. The van der Waals surface area contributed by atoms with Crippen LogP contribution in [0.1, 0.15) is 26.2 Å². The zero-order valence-electron chi connectivity index (χ0n) is 12.5. The summed E-state index contributed by atoms with van der Waals surface area (Å²) in [5.41, 5.74) is 0. The van der Waals surface area contributed by atoms with Gasteiger partial charge in [-0.2, -0.15) is 0 Å². The van der Waals surface area contributed by atoms with E-state index in [4.69, 9.17) is 4.74 Å². The van der Waals surface area contributed by atoms with Gasteiger partial charge in [0.1, 0.15) is 19.1 Å². The highest BCUT2D eigenvalue weighted by molar-refractivity contribution is 5.97. The molecule has 2 saturated heterocycles. The lowest BCUT2D eigenvalue weighted by Gasteiger charge is -2.35. The van der Waals surface area contributed by atoms with E-state index >= 15 is 0 Å². The molecular weight excluding hydrogens is 274 g/mol. The predicted octanol–water partition coefficient (Wildman–Crippen LogP) is -0.638. The van der Waals surface area contributed by atoms with Gasteiger partial charge in [-0.15, -0.1) is 0 Å². The molecule has 0 saturated carbocycles. The van der Waals surface area contributed by atoms with Gasteiger partial charge < -0.3 is 19.9 Å². The van der Waals surface area contributed by atoms with E-state index in [0.717, 1.165) is 12.8 Å². The number of hydrogen-bond donors (Lipinski definition) is 1. The summed E-state index contributed by atoms with van der Waals surface area (Å²) < 4.78 is 5.18. The first-order valence-corrected chi connectivity index (χ1v) is 7.56. The zero-order valence-corrected chi connectivity index (χ0v) is 12.5. The molecule has 0 aromatic carbocycles. The number of fused-ring (bicyclic) bond motifs is 1. The van der Waals surface area contributed by atoms with E-state index in [1.807, 2.05) is 6.92 Å². The molecule has 1 N–H and O–H groups in total. The maximum Gasteiger partial charge on any atom is 0.246 e. The van der Waals surface area contributed by atoms with Gasteiger partial charge in [-0.05, 0) is 26.2 Å². The lowest BCUT2D eigenvalue weighted by Crippen LogP contribution is -2.59. The number of rotatable bonds is 7. The molecule has 2 aliphatic rings. The van der Waals surface area contributed by atoms with Crippen LogP contribution in [0.3, 0.4) is 0 Å². The molecule has 0 bridgehead atoms. The fourth-order valence-corrected chi connectivity index (χ4v) is 2.77. The Morgan fingerprint density at radius 3 is 3.00 bits per heavy atom. The minimum absolute atomic E-state index is 0.0156. The fourth-order valence-electron chi connectivity index (χ4n) is 2.77. The van der Waals surface area contributed by atoms with Gasteiger partial charge in [0.15, 0.2) is 0 Å². The minimum atomic E-state index is -0.350. The largest absolute Gasteiger partial charge is 0.382 e. The molecule has 1 atom stereocenters. The zero-order chi connectivity index (χ0) is 15.2. The van der Waals surface area contributed by atoms with E-state index in [2.05, 4.69) is 5.32 Å². The number of ether oxygens (including phenoxy) is 1. The number of nitrogens with one attached hydrogen (secondary N) is 1. The van der Waals surface area contributed by atoms with Gasteiger partial charge in [-0.25, -0.2) is 0 Å². The molecular formula is C14H23N3O4. The van der Waals surface area contributed by atoms with Crippen LogP contribution < -0.4 is 5.32 Å². The molecule has 118 valence electrons. The van der Waals surface area contributed by atoms with Crippen molar-refractivity contribution in [2.45, 2.75) is 32.2 Å². The quantitative estimate of drug-likeness (QED) is 0.634. The highest BCUT2D eigenvalue weighted by Crippen LogP contribution is 2.23. The number of carbonyl (C=O) groups is 3. The Morgan fingerprint density at radius 1 is 1.43 bits per heavy atom. The molecule has 2 aliphatic heterocycles. The summed E-state index contributed by atoms with van der Waals surface area (Å²) in [5.74, 6) is -0.378. The summed E-state index contributed by atoms with van der Waals surface area (Å²) in [6.07, 6.45) is 2.31. The third-order valence-electron chi connectivity index (χ3n) is 3.82. The summed E-state index contributed by atoms with van der Waals surface area (Å²) >= 11 is 0. The van der Waals surface area contributed by atoms with Crippen molar-refractivity contribution in [3.63, 3.8) is 0 Å². The molecule has 3 amide bonds. The van der Waals surface area contributed by atoms with E-state index in [0.29, 0.717) is 32.7 Å².